The van der Waals surface area contributed by atoms with E-state index in [4.69, 9.17) is 9.84 Å². The van der Waals surface area contributed by atoms with Crippen LogP contribution in [0.15, 0.2) is 24.3 Å². The molecule has 3 aliphatic heterocycles. The van der Waals surface area contributed by atoms with Gasteiger partial charge in [0.25, 0.3) is 0 Å². The summed E-state index contributed by atoms with van der Waals surface area (Å²) in [7, 11) is 0. The van der Waals surface area contributed by atoms with Crippen molar-refractivity contribution in [1.82, 2.24) is 10.2 Å². The number of carbonyl (C=O) groups is 2. The Morgan fingerprint density at radius 2 is 1.74 bits per heavy atom. The summed E-state index contributed by atoms with van der Waals surface area (Å²) in [5.41, 5.74) is 1.15. The summed E-state index contributed by atoms with van der Waals surface area (Å²) in [6.45, 7) is 1.99. The van der Waals surface area contributed by atoms with Crippen molar-refractivity contribution in [2.24, 2.45) is 11.8 Å². The van der Waals surface area contributed by atoms with Crippen LogP contribution in [0.4, 0.5) is 4.79 Å². The van der Waals surface area contributed by atoms with Gasteiger partial charge in [0.05, 0.1) is 17.8 Å². The molecule has 6 heteroatoms. The third kappa shape index (κ3) is 2.57. The molecule has 0 aromatic heterocycles. The van der Waals surface area contributed by atoms with E-state index in [0.717, 1.165) is 31.5 Å². The van der Waals surface area contributed by atoms with Gasteiger partial charge in [0.1, 0.15) is 0 Å². The monoisotopic (exact) mass is 316 g/mol. The molecule has 0 saturated carbocycles. The molecule has 1 aromatic rings. The molecule has 2 bridgehead atoms. The third-order valence-corrected chi connectivity index (χ3v) is 5.38. The van der Waals surface area contributed by atoms with Crippen molar-refractivity contribution >= 4 is 12.0 Å². The fraction of sp³-hybridized carbons (Fsp3) is 0.529. The minimum absolute atomic E-state index is 0.0406. The minimum Gasteiger partial charge on any atom is -0.478 e. The zero-order valence-corrected chi connectivity index (χ0v) is 12.8. The molecule has 1 aromatic carbocycles. The van der Waals surface area contributed by atoms with E-state index in [2.05, 4.69) is 5.32 Å². The molecule has 0 spiro atoms. The Balaban J connectivity index is 1.31. The van der Waals surface area contributed by atoms with E-state index in [9.17, 15) is 9.59 Å². The molecule has 6 nitrogen and oxygen atoms in total. The van der Waals surface area contributed by atoms with Crippen molar-refractivity contribution in [1.29, 1.82) is 0 Å². The minimum atomic E-state index is -0.943. The molecular formula is C17H20N2O4. The Labute approximate surface area is 134 Å². The number of nitrogens with one attached hydrogen (secondary N) is 1. The molecule has 2 N–H and O–H groups in total. The van der Waals surface area contributed by atoms with E-state index in [1.54, 1.807) is 24.3 Å². The second-order valence-corrected chi connectivity index (χ2v) is 6.68. The summed E-state index contributed by atoms with van der Waals surface area (Å²) in [6.07, 6.45) is 2.98. The van der Waals surface area contributed by atoms with Crippen molar-refractivity contribution in [3.05, 3.63) is 35.4 Å². The zero-order valence-electron chi connectivity index (χ0n) is 12.8. The van der Waals surface area contributed by atoms with Crippen LogP contribution in [0.25, 0.3) is 0 Å². The highest BCUT2D eigenvalue weighted by Crippen LogP contribution is 2.47. The molecule has 23 heavy (non-hydrogen) atoms. The van der Waals surface area contributed by atoms with E-state index in [1.165, 1.54) is 0 Å². The Kier molecular flexibility index (Phi) is 3.49. The van der Waals surface area contributed by atoms with Gasteiger partial charge in [-0.2, -0.15) is 0 Å². The highest BCUT2D eigenvalue weighted by molar-refractivity contribution is 5.87. The summed E-state index contributed by atoms with van der Waals surface area (Å²) in [4.78, 5) is 25.1. The Morgan fingerprint density at radius 1 is 1.13 bits per heavy atom. The molecule has 3 heterocycles. The number of hydrogen-bond donors (Lipinski definition) is 2. The van der Waals surface area contributed by atoms with Crippen molar-refractivity contribution in [2.75, 3.05) is 13.1 Å². The predicted molar refractivity (Wildman–Crippen MR) is 82.1 cm³/mol. The number of carboxylic acid groups (broad SMARTS) is 1. The predicted octanol–water partition coefficient (Wildman–Crippen LogP) is 1.70. The Bertz CT molecular complexity index is 612. The highest BCUT2D eigenvalue weighted by atomic mass is 16.5. The summed E-state index contributed by atoms with van der Waals surface area (Å²) >= 11 is 0. The number of nitrogens with zero attached hydrogens (tertiary/aromatic N) is 1. The molecule has 3 aliphatic rings. The number of ether oxygens (including phenoxy) is 1. The summed E-state index contributed by atoms with van der Waals surface area (Å²) in [5.74, 6) is 0.0738. The number of amides is 2. The lowest BCUT2D eigenvalue weighted by atomic mass is 9.82. The van der Waals surface area contributed by atoms with Crippen LogP contribution in [0.3, 0.4) is 0 Å². The smallest absolute Gasteiger partial charge is 0.335 e. The molecular weight excluding hydrogens is 296 g/mol. The lowest BCUT2D eigenvalue weighted by molar-refractivity contribution is 0.0696. The SMILES string of the molecule is O=C(O)c1ccc(CNC(=O)N2CC3C4CCC(O4)C3C2)cc1. The van der Waals surface area contributed by atoms with E-state index in [1.807, 2.05) is 4.90 Å². The normalized spacial score (nSPS) is 31.2. The van der Waals surface area contributed by atoms with Crippen LogP contribution in [-0.2, 0) is 11.3 Å². The Hall–Kier alpha value is -2.08. The molecule has 4 unspecified atom stereocenters. The first kappa shape index (κ1) is 14.5. The Morgan fingerprint density at radius 3 is 2.30 bits per heavy atom. The van der Waals surface area contributed by atoms with Gasteiger partial charge in [0.2, 0.25) is 0 Å². The second-order valence-electron chi connectivity index (χ2n) is 6.68. The van der Waals surface area contributed by atoms with Crippen LogP contribution in [0.5, 0.6) is 0 Å². The molecule has 0 aliphatic carbocycles. The van der Waals surface area contributed by atoms with Crippen LogP contribution in [0.1, 0.15) is 28.8 Å². The first-order valence-corrected chi connectivity index (χ1v) is 8.12. The average molecular weight is 316 g/mol. The summed E-state index contributed by atoms with van der Waals surface area (Å²) in [6, 6.07) is 6.53. The van der Waals surface area contributed by atoms with Gasteiger partial charge in [-0.15, -0.1) is 0 Å². The number of benzene rings is 1. The van der Waals surface area contributed by atoms with Crippen molar-refractivity contribution in [3.63, 3.8) is 0 Å². The van der Waals surface area contributed by atoms with Crippen LogP contribution in [0, 0.1) is 11.8 Å². The lowest BCUT2D eigenvalue weighted by Crippen LogP contribution is -2.39. The van der Waals surface area contributed by atoms with Crippen molar-refractivity contribution in [3.8, 4) is 0 Å². The largest absolute Gasteiger partial charge is 0.478 e. The van der Waals surface area contributed by atoms with Crippen LogP contribution < -0.4 is 5.32 Å². The van der Waals surface area contributed by atoms with Gasteiger partial charge in [-0.25, -0.2) is 9.59 Å². The maximum absolute atomic E-state index is 12.3. The fourth-order valence-electron chi connectivity index (χ4n) is 4.18. The van der Waals surface area contributed by atoms with Crippen molar-refractivity contribution < 1.29 is 19.4 Å². The molecule has 0 radical (unpaired) electrons. The maximum atomic E-state index is 12.3. The third-order valence-electron chi connectivity index (χ3n) is 5.38. The topological polar surface area (TPSA) is 78.9 Å². The van der Waals surface area contributed by atoms with Gasteiger partial charge in [-0.3, -0.25) is 0 Å². The van der Waals surface area contributed by atoms with Crippen LogP contribution in [-0.4, -0.2) is 47.3 Å². The quantitative estimate of drug-likeness (QED) is 0.890. The number of urea groups is 1. The molecule has 4 atom stereocenters. The van der Waals surface area contributed by atoms with Crippen molar-refractivity contribution in [2.45, 2.75) is 31.6 Å². The van der Waals surface area contributed by atoms with E-state index >= 15 is 0 Å². The second kappa shape index (κ2) is 5.53. The number of likely N-dealkylation sites (tertiary alicyclic amines) is 1. The van der Waals surface area contributed by atoms with Crippen LogP contribution in [0.2, 0.25) is 0 Å². The standard InChI is InChI=1S/C17H20N2O4/c20-16(21)11-3-1-10(2-4-11)7-18-17(22)19-8-12-13(9-19)15-6-5-14(12)23-15/h1-4,12-15H,5-9H2,(H,18,22)(H,20,21). The molecule has 4 rings (SSSR count). The first-order valence-electron chi connectivity index (χ1n) is 8.12. The van der Waals surface area contributed by atoms with Crippen LogP contribution >= 0.6 is 0 Å². The van der Waals surface area contributed by atoms with Gasteiger partial charge in [0.15, 0.2) is 0 Å². The number of carbonyl (C=O) groups excluding carboxylic acids is 1. The zero-order chi connectivity index (χ0) is 16.0. The fourth-order valence-corrected chi connectivity index (χ4v) is 4.18. The summed E-state index contributed by atoms with van der Waals surface area (Å²) < 4.78 is 5.92. The number of aromatic carboxylic acids is 1. The number of rotatable bonds is 3. The van der Waals surface area contributed by atoms with Gasteiger partial charge >= 0.3 is 12.0 Å². The van der Waals surface area contributed by atoms with E-state index in [-0.39, 0.29) is 11.6 Å². The van der Waals surface area contributed by atoms with E-state index in [0.29, 0.717) is 30.6 Å². The molecule has 3 fully saturated rings. The lowest BCUT2D eigenvalue weighted by Gasteiger charge is -2.19. The summed E-state index contributed by atoms with van der Waals surface area (Å²) in [5, 5.41) is 11.8. The number of carboxylic acids is 1. The highest BCUT2D eigenvalue weighted by Gasteiger charge is 2.53. The van der Waals surface area contributed by atoms with Gasteiger partial charge in [-0.05, 0) is 30.5 Å². The maximum Gasteiger partial charge on any atom is 0.335 e. The van der Waals surface area contributed by atoms with E-state index < -0.39 is 5.97 Å². The number of hydrogen-bond acceptors (Lipinski definition) is 3. The molecule has 3 saturated heterocycles. The van der Waals surface area contributed by atoms with Gasteiger partial charge < -0.3 is 20.1 Å². The molecule has 2 amide bonds. The number of fused-ring (bicyclic) bond motifs is 5. The van der Waals surface area contributed by atoms with Gasteiger partial charge in [0, 0.05) is 31.5 Å². The van der Waals surface area contributed by atoms with Gasteiger partial charge in [-0.1, -0.05) is 12.1 Å². The first-order chi connectivity index (χ1) is 11.1. The average Bonchev–Trinajstić information content (AvgIpc) is 3.25. The molecule has 122 valence electrons.